The lowest BCUT2D eigenvalue weighted by molar-refractivity contribution is 0.290. The zero-order valence-corrected chi connectivity index (χ0v) is 7.46. The van der Waals surface area contributed by atoms with Gasteiger partial charge in [0, 0.05) is 6.04 Å². The normalized spacial score (nSPS) is 41.9. The third-order valence-corrected chi connectivity index (χ3v) is 3.28. The Morgan fingerprint density at radius 3 is 2.73 bits per heavy atom. The topological polar surface area (TPSA) is 3.24 Å². The average molecular weight is 151 g/mol. The molecular weight excluding hydrogens is 134 g/mol. The van der Waals surface area contributed by atoms with Crippen LogP contribution in [0.15, 0.2) is 12.2 Å². The minimum atomic E-state index is 0.856. The maximum Gasteiger partial charge on any atom is 0.00978 e. The predicted octanol–water partition coefficient (Wildman–Crippen LogP) is 1.90. The Balaban J connectivity index is 1.99. The molecule has 1 saturated carbocycles. The second kappa shape index (κ2) is 2.63. The highest BCUT2D eigenvalue weighted by molar-refractivity contribution is 5.06. The van der Waals surface area contributed by atoms with E-state index in [-0.39, 0.29) is 0 Å². The molecule has 3 unspecified atom stereocenters. The summed E-state index contributed by atoms with van der Waals surface area (Å²) in [6.07, 6.45) is 8.95. The highest BCUT2D eigenvalue weighted by Gasteiger charge is 2.34. The van der Waals surface area contributed by atoms with Gasteiger partial charge in [-0.3, -0.25) is 0 Å². The minimum Gasteiger partial charge on any atom is -0.306 e. The molecule has 62 valence electrons. The summed E-state index contributed by atoms with van der Waals surface area (Å²) in [5, 5.41) is 0. The van der Waals surface area contributed by atoms with Gasteiger partial charge in [-0.15, -0.1) is 0 Å². The van der Waals surface area contributed by atoms with E-state index in [9.17, 15) is 0 Å². The zero-order chi connectivity index (χ0) is 7.84. The number of rotatable bonds is 1. The first-order valence-electron chi connectivity index (χ1n) is 4.60. The Kier molecular flexibility index (Phi) is 1.76. The van der Waals surface area contributed by atoms with Gasteiger partial charge >= 0.3 is 0 Å². The predicted molar refractivity (Wildman–Crippen MR) is 47.4 cm³/mol. The molecule has 1 nitrogen and oxygen atoms in total. The summed E-state index contributed by atoms with van der Waals surface area (Å²) in [6.45, 7) is 0. The van der Waals surface area contributed by atoms with Crippen molar-refractivity contribution in [2.75, 3.05) is 14.1 Å². The van der Waals surface area contributed by atoms with Crippen LogP contribution in [0, 0.1) is 11.8 Å². The van der Waals surface area contributed by atoms with Gasteiger partial charge in [0.15, 0.2) is 0 Å². The Hall–Kier alpha value is -0.300. The van der Waals surface area contributed by atoms with Gasteiger partial charge in [0.25, 0.3) is 0 Å². The van der Waals surface area contributed by atoms with Gasteiger partial charge < -0.3 is 4.90 Å². The molecule has 2 aliphatic rings. The van der Waals surface area contributed by atoms with Crippen molar-refractivity contribution >= 4 is 0 Å². The van der Waals surface area contributed by atoms with Crippen LogP contribution in [0.5, 0.6) is 0 Å². The standard InChI is InChI=1S/C10H17N/c1-11(2)10-6-8-4-3-5-9(8)7-10/h3-4,8-10H,5-7H2,1-2H3. The van der Waals surface area contributed by atoms with Crippen LogP contribution in [0.3, 0.4) is 0 Å². The molecule has 0 aromatic heterocycles. The second-order valence-electron chi connectivity index (χ2n) is 4.18. The molecule has 3 atom stereocenters. The third kappa shape index (κ3) is 1.22. The summed E-state index contributed by atoms with van der Waals surface area (Å²) in [7, 11) is 4.41. The SMILES string of the molecule is CN(C)C1CC2C=CCC2C1. The van der Waals surface area contributed by atoms with Crippen molar-refractivity contribution in [2.45, 2.75) is 25.3 Å². The number of hydrogen-bond acceptors (Lipinski definition) is 1. The van der Waals surface area contributed by atoms with Gasteiger partial charge in [0.05, 0.1) is 0 Å². The molecule has 0 N–H and O–H groups in total. The van der Waals surface area contributed by atoms with Crippen molar-refractivity contribution in [3.05, 3.63) is 12.2 Å². The summed E-state index contributed by atoms with van der Waals surface area (Å²) in [6, 6.07) is 0.856. The van der Waals surface area contributed by atoms with Gasteiger partial charge in [-0.1, -0.05) is 12.2 Å². The molecule has 0 aromatic carbocycles. The van der Waals surface area contributed by atoms with Crippen molar-refractivity contribution in [3.8, 4) is 0 Å². The summed E-state index contributed by atoms with van der Waals surface area (Å²) in [5.74, 6) is 1.91. The first-order chi connectivity index (χ1) is 5.27. The summed E-state index contributed by atoms with van der Waals surface area (Å²) in [4.78, 5) is 2.38. The van der Waals surface area contributed by atoms with E-state index in [1.54, 1.807) is 0 Å². The van der Waals surface area contributed by atoms with Crippen LogP contribution in [0.4, 0.5) is 0 Å². The van der Waals surface area contributed by atoms with E-state index in [2.05, 4.69) is 31.1 Å². The fourth-order valence-corrected chi connectivity index (χ4v) is 2.48. The van der Waals surface area contributed by atoms with Crippen LogP contribution >= 0.6 is 0 Å². The number of fused-ring (bicyclic) bond motifs is 1. The van der Waals surface area contributed by atoms with Crippen molar-refractivity contribution in [1.82, 2.24) is 4.90 Å². The molecule has 2 rings (SSSR count). The smallest absolute Gasteiger partial charge is 0.00978 e. The lowest BCUT2D eigenvalue weighted by Crippen LogP contribution is -2.25. The molecule has 0 amide bonds. The van der Waals surface area contributed by atoms with Crippen LogP contribution in [-0.4, -0.2) is 25.0 Å². The van der Waals surface area contributed by atoms with E-state index >= 15 is 0 Å². The third-order valence-electron chi connectivity index (χ3n) is 3.28. The van der Waals surface area contributed by atoms with E-state index in [0.29, 0.717) is 0 Å². The Labute approximate surface area is 69.1 Å². The van der Waals surface area contributed by atoms with Crippen molar-refractivity contribution < 1.29 is 0 Å². The zero-order valence-electron chi connectivity index (χ0n) is 7.46. The largest absolute Gasteiger partial charge is 0.306 e. The minimum absolute atomic E-state index is 0.856. The van der Waals surface area contributed by atoms with Gasteiger partial charge in [0.1, 0.15) is 0 Å². The highest BCUT2D eigenvalue weighted by Crippen LogP contribution is 2.40. The first-order valence-corrected chi connectivity index (χ1v) is 4.60. The molecule has 0 heterocycles. The maximum atomic E-state index is 2.42. The molecule has 0 aliphatic heterocycles. The van der Waals surface area contributed by atoms with E-state index in [1.165, 1.54) is 19.3 Å². The van der Waals surface area contributed by atoms with E-state index < -0.39 is 0 Å². The first kappa shape index (κ1) is 7.35. The van der Waals surface area contributed by atoms with Crippen LogP contribution in [0.1, 0.15) is 19.3 Å². The van der Waals surface area contributed by atoms with Gasteiger partial charge in [-0.25, -0.2) is 0 Å². The Bertz CT molecular complexity index is 172. The molecule has 1 fully saturated rings. The molecule has 0 spiro atoms. The van der Waals surface area contributed by atoms with Crippen molar-refractivity contribution in [3.63, 3.8) is 0 Å². The van der Waals surface area contributed by atoms with Gasteiger partial charge in [-0.2, -0.15) is 0 Å². The molecule has 1 heteroatoms. The lowest BCUT2D eigenvalue weighted by atomic mass is 10.0. The lowest BCUT2D eigenvalue weighted by Gasteiger charge is -2.18. The van der Waals surface area contributed by atoms with Gasteiger partial charge in [-0.05, 0) is 45.2 Å². The van der Waals surface area contributed by atoms with Gasteiger partial charge in [0.2, 0.25) is 0 Å². The average Bonchev–Trinajstić information content (AvgIpc) is 2.40. The van der Waals surface area contributed by atoms with E-state index in [1.807, 2.05) is 0 Å². The molecule has 11 heavy (non-hydrogen) atoms. The van der Waals surface area contributed by atoms with Crippen LogP contribution in [0.2, 0.25) is 0 Å². The number of nitrogens with zero attached hydrogens (tertiary/aromatic N) is 1. The second-order valence-corrected chi connectivity index (χ2v) is 4.18. The fraction of sp³-hybridized carbons (Fsp3) is 0.800. The molecule has 0 saturated heterocycles. The molecule has 2 aliphatic carbocycles. The maximum absolute atomic E-state index is 2.42. The van der Waals surface area contributed by atoms with E-state index in [0.717, 1.165) is 17.9 Å². The van der Waals surface area contributed by atoms with Crippen LogP contribution in [-0.2, 0) is 0 Å². The molecule has 0 aromatic rings. The monoisotopic (exact) mass is 151 g/mol. The fourth-order valence-electron chi connectivity index (χ4n) is 2.48. The van der Waals surface area contributed by atoms with Crippen molar-refractivity contribution in [1.29, 1.82) is 0 Å². The molecule has 0 bridgehead atoms. The highest BCUT2D eigenvalue weighted by atomic mass is 15.1. The number of allylic oxidation sites excluding steroid dienone is 2. The Morgan fingerprint density at radius 1 is 1.27 bits per heavy atom. The van der Waals surface area contributed by atoms with Crippen LogP contribution in [0.25, 0.3) is 0 Å². The summed E-state index contributed by atoms with van der Waals surface area (Å²) in [5.41, 5.74) is 0. The van der Waals surface area contributed by atoms with Crippen LogP contribution < -0.4 is 0 Å². The van der Waals surface area contributed by atoms with Crippen molar-refractivity contribution in [2.24, 2.45) is 11.8 Å². The summed E-state index contributed by atoms with van der Waals surface area (Å²) >= 11 is 0. The molecular formula is C10H17N. The van der Waals surface area contributed by atoms with E-state index in [4.69, 9.17) is 0 Å². The molecule has 0 radical (unpaired) electrons. The Morgan fingerprint density at radius 2 is 2.09 bits per heavy atom. The quantitative estimate of drug-likeness (QED) is 0.517. The summed E-state index contributed by atoms with van der Waals surface area (Å²) < 4.78 is 0. The number of hydrogen-bond donors (Lipinski definition) is 0.